The summed E-state index contributed by atoms with van der Waals surface area (Å²) in [5.74, 6) is 0. The lowest BCUT2D eigenvalue weighted by Crippen LogP contribution is -2.34. The fraction of sp³-hybridized carbons (Fsp3) is 0.0635. The van der Waals surface area contributed by atoms with E-state index in [0.717, 1.165) is 17.5 Å². The van der Waals surface area contributed by atoms with E-state index in [9.17, 15) is 0 Å². The van der Waals surface area contributed by atoms with Crippen molar-refractivity contribution in [2.75, 3.05) is 5.32 Å². The van der Waals surface area contributed by atoms with Crippen LogP contribution in [0, 0.1) is 0 Å². The molecule has 0 amide bonds. The summed E-state index contributed by atoms with van der Waals surface area (Å²) in [7, 11) is 0. The fourth-order valence-corrected chi connectivity index (χ4v) is 12.0. The second-order valence-electron chi connectivity index (χ2n) is 18.1. The van der Waals surface area contributed by atoms with Crippen LogP contribution in [0.2, 0.25) is 0 Å². The van der Waals surface area contributed by atoms with Crippen LogP contribution >= 0.6 is 0 Å². The molecule has 0 fully saturated rings. The van der Waals surface area contributed by atoms with Crippen molar-refractivity contribution in [1.29, 1.82) is 0 Å². The Morgan fingerprint density at radius 3 is 1.97 bits per heavy atom. The lowest BCUT2D eigenvalue weighted by Gasteiger charge is -2.32. The van der Waals surface area contributed by atoms with E-state index in [2.05, 4.69) is 230 Å². The Balaban J connectivity index is 0.971. The van der Waals surface area contributed by atoms with Crippen molar-refractivity contribution in [3.63, 3.8) is 0 Å². The van der Waals surface area contributed by atoms with Crippen molar-refractivity contribution in [1.82, 2.24) is 0 Å². The molecule has 2 aliphatic heterocycles. The Morgan fingerprint density at radius 2 is 1.17 bits per heavy atom. The molecule has 1 spiro atoms. The van der Waals surface area contributed by atoms with Gasteiger partial charge in [0.05, 0.1) is 28.5 Å². The van der Waals surface area contributed by atoms with Crippen LogP contribution in [0.15, 0.2) is 217 Å². The van der Waals surface area contributed by atoms with Crippen LogP contribution in [-0.4, -0.2) is 0 Å². The molecular formula is C63H42N2. The number of anilines is 1. The van der Waals surface area contributed by atoms with E-state index in [1.807, 2.05) is 0 Å². The fourth-order valence-electron chi connectivity index (χ4n) is 12.0. The predicted octanol–water partition coefficient (Wildman–Crippen LogP) is 14.4. The van der Waals surface area contributed by atoms with Crippen LogP contribution in [0.4, 0.5) is 5.69 Å². The predicted molar refractivity (Wildman–Crippen MR) is 270 cm³/mol. The SMILES string of the molecule is C1=CC(c2ccccc2)Nc2c1ccc1c2=NC(c2ccc(-c3ccc4c(c3)C3(c5ccccc5-c5ccccc53)c3c-4c(-c4ccccc4)cc4ccccc34)c3ccccc23)CC=1. The van der Waals surface area contributed by atoms with Gasteiger partial charge >= 0.3 is 0 Å². The first kappa shape index (κ1) is 36.4. The van der Waals surface area contributed by atoms with Crippen molar-refractivity contribution < 1.29 is 0 Å². The zero-order chi connectivity index (χ0) is 42.6. The van der Waals surface area contributed by atoms with Crippen LogP contribution in [0.5, 0.6) is 0 Å². The van der Waals surface area contributed by atoms with Crippen LogP contribution in [0.3, 0.4) is 0 Å². The molecule has 10 aromatic carbocycles. The monoisotopic (exact) mass is 826 g/mol. The maximum absolute atomic E-state index is 5.60. The van der Waals surface area contributed by atoms with Crippen molar-refractivity contribution >= 4 is 39.4 Å². The lowest BCUT2D eigenvalue weighted by molar-refractivity contribution is 0.728. The Kier molecular flexibility index (Phi) is 7.82. The number of nitrogens with one attached hydrogen (secondary N) is 1. The van der Waals surface area contributed by atoms with Crippen LogP contribution in [0.25, 0.3) is 78.2 Å². The molecule has 2 atom stereocenters. The van der Waals surface area contributed by atoms with Crippen molar-refractivity contribution in [2.45, 2.75) is 23.9 Å². The number of benzene rings is 10. The average molecular weight is 827 g/mol. The highest BCUT2D eigenvalue weighted by molar-refractivity contribution is 6.10. The normalized spacial score (nSPS) is 16.7. The quantitative estimate of drug-likeness (QED) is 0.188. The molecule has 2 aliphatic carbocycles. The smallest absolute Gasteiger partial charge is 0.0888 e. The Hall–Kier alpha value is -8.07. The maximum Gasteiger partial charge on any atom is 0.0888 e. The number of rotatable bonds is 4. The minimum absolute atomic E-state index is 0.00944. The molecule has 304 valence electrons. The van der Waals surface area contributed by atoms with Gasteiger partial charge < -0.3 is 5.32 Å². The minimum atomic E-state index is -0.514. The Morgan fingerprint density at radius 1 is 0.492 bits per heavy atom. The zero-order valence-corrected chi connectivity index (χ0v) is 35.7. The summed E-state index contributed by atoms with van der Waals surface area (Å²) in [5.41, 5.74) is 20.0. The molecule has 0 saturated carbocycles. The average Bonchev–Trinajstić information content (AvgIpc) is 3.86. The van der Waals surface area contributed by atoms with Crippen molar-refractivity contribution in [3.8, 4) is 44.5 Å². The summed E-state index contributed by atoms with van der Waals surface area (Å²) in [6.45, 7) is 0. The van der Waals surface area contributed by atoms with Gasteiger partial charge in [0.2, 0.25) is 0 Å². The zero-order valence-electron chi connectivity index (χ0n) is 35.7. The molecule has 0 radical (unpaired) electrons. The van der Waals surface area contributed by atoms with Gasteiger partial charge in [0.15, 0.2) is 0 Å². The molecule has 14 rings (SSSR count). The number of nitrogens with zero attached hydrogens (tertiary/aromatic N) is 1. The van der Waals surface area contributed by atoms with Gasteiger partial charge in [-0.3, -0.25) is 4.99 Å². The minimum Gasteiger partial charge on any atom is -0.372 e. The molecule has 2 nitrogen and oxygen atoms in total. The summed E-state index contributed by atoms with van der Waals surface area (Å²) >= 11 is 0. The van der Waals surface area contributed by atoms with Crippen LogP contribution in [-0.2, 0) is 5.41 Å². The van der Waals surface area contributed by atoms with E-state index in [4.69, 9.17) is 4.99 Å². The number of fused-ring (bicyclic) bond motifs is 16. The van der Waals surface area contributed by atoms with Gasteiger partial charge in [-0.15, -0.1) is 0 Å². The van der Waals surface area contributed by atoms with Gasteiger partial charge in [-0.1, -0.05) is 212 Å². The van der Waals surface area contributed by atoms with E-state index >= 15 is 0 Å². The first-order chi connectivity index (χ1) is 32.2. The molecule has 0 aromatic heterocycles. The molecule has 10 aromatic rings. The molecule has 65 heavy (non-hydrogen) atoms. The molecule has 2 heterocycles. The summed E-state index contributed by atoms with van der Waals surface area (Å²) < 4.78 is 0. The largest absolute Gasteiger partial charge is 0.372 e. The third-order valence-corrected chi connectivity index (χ3v) is 14.8. The summed E-state index contributed by atoms with van der Waals surface area (Å²) in [5, 5.41) is 11.2. The van der Waals surface area contributed by atoms with Crippen molar-refractivity contribution in [2.24, 2.45) is 4.99 Å². The summed E-state index contributed by atoms with van der Waals surface area (Å²) in [6.07, 6.45) is 7.74. The Bertz CT molecular complexity index is 3740. The number of hydrogen-bond acceptors (Lipinski definition) is 2. The Labute approximate surface area is 378 Å². The first-order valence-corrected chi connectivity index (χ1v) is 22.9. The van der Waals surface area contributed by atoms with E-state index in [0.29, 0.717) is 0 Å². The van der Waals surface area contributed by atoms with Crippen LogP contribution in [0.1, 0.15) is 57.4 Å². The molecule has 2 unspecified atom stereocenters. The van der Waals surface area contributed by atoms with E-state index in [-0.39, 0.29) is 12.1 Å². The van der Waals surface area contributed by atoms with E-state index < -0.39 is 5.41 Å². The molecule has 1 N–H and O–H groups in total. The third-order valence-electron chi connectivity index (χ3n) is 14.8. The second-order valence-corrected chi connectivity index (χ2v) is 18.1. The highest BCUT2D eigenvalue weighted by Crippen LogP contribution is 2.66. The number of hydrogen-bond donors (Lipinski definition) is 1. The van der Waals surface area contributed by atoms with Gasteiger partial charge in [-0.05, 0) is 129 Å². The topological polar surface area (TPSA) is 24.4 Å². The highest BCUT2D eigenvalue weighted by atomic mass is 14.9. The van der Waals surface area contributed by atoms with E-state index in [1.165, 1.54) is 110 Å². The summed E-state index contributed by atoms with van der Waals surface area (Å²) in [4.78, 5) is 5.60. The second kappa shape index (κ2) is 14.0. The van der Waals surface area contributed by atoms with Crippen molar-refractivity contribution in [3.05, 3.63) is 262 Å². The van der Waals surface area contributed by atoms with Gasteiger partial charge in [0.25, 0.3) is 0 Å². The van der Waals surface area contributed by atoms with Crippen LogP contribution < -0.4 is 15.9 Å². The lowest BCUT2D eigenvalue weighted by atomic mass is 9.69. The molecule has 0 bridgehead atoms. The molecule has 0 saturated heterocycles. The third kappa shape index (κ3) is 5.20. The highest BCUT2D eigenvalue weighted by Gasteiger charge is 2.53. The molecule has 2 heteroatoms. The van der Waals surface area contributed by atoms with E-state index in [1.54, 1.807) is 0 Å². The standard InChI is InChI=1S/C63H42N2/c1-3-15-39(16-4-1)53-37-43-19-7-8-20-46(43)60-59(53)52-32-29-44(38-56(52)63(60)54-25-13-11-23-49(54)50-24-12-14-26-55(50)63)45-33-34-51(48-22-10-9-21-47(45)48)58-36-31-42-28-27-41-30-35-57(40-17-5-2-6-18-40)64-61(41)62(42)65-58/h1-35,37-38,57-58,64H,36H2. The molecule has 4 aliphatic rings. The van der Waals surface area contributed by atoms with Gasteiger partial charge in [-0.25, -0.2) is 0 Å². The van der Waals surface area contributed by atoms with Gasteiger partial charge in [0.1, 0.15) is 0 Å². The summed E-state index contributed by atoms with van der Waals surface area (Å²) in [6, 6.07) is 77.1. The van der Waals surface area contributed by atoms with Gasteiger partial charge in [0, 0.05) is 0 Å². The maximum atomic E-state index is 5.60. The molecular weight excluding hydrogens is 785 g/mol. The van der Waals surface area contributed by atoms with Gasteiger partial charge in [-0.2, -0.15) is 0 Å². The first-order valence-electron chi connectivity index (χ1n) is 22.9.